The van der Waals surface area contributed by atoms with Crippen molar-refractivity contribution in [2.75, 3.05) is 13.2 Å². The lowest BCUT2D eigenvalue weighted by Gasteiger charge is -2.27. The molecule has 3 rings (SSSR count). The third-order valence-corrected chi connectivity index (χ3v) is 4.72. The Kier molecular flexibility index (Phi) is 5.63. The van der Waals surface area contributed by atoms with Gasteiger partial charge in [-0.15, -0.1) is 0 Å². The van der Waals surface area contributed by atoms with Gasteiger partial charge in [0.25, 0.3) is 0 Å². The number of aryl methyl sites for hydroxylation is 2. The Hall–Kier alpha value is -1.72. The molecule has 0 bridgehead atoms. The van der Waals surface area contributed by atoms with Gasteiger partial charge in [-0.3, -0.25) is 4.90 Å². The molecule has 1 aromatic carbocycles. The van der Waals surface area contributed by atoms with Crippen LogP contribution in [0.5, 0.6) is 0 Å². The van der Waals surface area contributed by atoms with Gasteiger partial charge in [0.15, 0.2) is 5.82 Å². The van der Waals surface area contributed by atoms with Crippen LogP contribution in [-0.2, 0) is 19.4 Å². The molecule has 24 heavy (non-hydrogen) atoms. The van der Waals surface area contributed by atoms with Crippen LogP contribution >= 0.6 is 0 Å². The first-order valence-electron chi connectivity index (χ1n) is 8.91. The summed E-state index contributed by atoms with van der Waals surface area (Å²) in [5, 5.41) is 13.6. The van der Waals surface area contributed by atoms with Crippen molar-refractivity contribution in [1.82, 2.24) is 15.0 Å². The molecule has 130 valence electrons. The molecule has 1 unspecified atom stereocenters. The molecule has 1 aliphatic rings. The zero-order valence-corrected chi connectivity index (χ0v) is 14.6. The molecule has 1 N–H and O–H groups in total. The fourth-order valence-corrected chi connectivity index (χ4v) is 3.43. The van der Waals surface area contributed by atoms with Crippen LogP contribution in [0.2, 0.25) is 0 Å². The van der Waals surface area contributed by atoms with E-state index in [0.717, 1.165) is 31.5 Å². The van der Waals surface area contributed by atoms with E-state index in [1.807, 2.05) is 0 Å². The Balaban J connectivity index is 1.69. The minimum absolute atomic E-state index is 0.132. The molecular weight excluding hydrogens is 302 g/mol. The van der Waals surface area contributed by atoms with Crippen molar-refractivity contribution in [3.63, 3.8) is 0 Å². The number of nitrogens with zero attached hydrogens (tertiary/aromatic N) is 3. The first-order chi connectivity index (χ1) is 11.7. The molecule has 2 aromatic rings. The normalized spacial score (nSPS) is 17.0. The van der Waals surface area contributed by atoms with Gasteiger partial charge in [-0.2, -0.15) is 4.98 Å². The Labute approximate surface area is 143 Å². The van der Waals surface area contributed by atoms with Crippen LogP contribution in [0.3, 0.4) is 0 Å². The molecule has 0 aliphatic heterocycles. The van der Waals surface area contributed by atoms with Crippen molar-refractivity contribution in [2.45, 2.75) is 52.1 Å². The molecule has 1 aromatic heterocycles. The number of aliphatic hydroxyl groups excluding tert-OH is 1. The highest BCUT2D eigenvalue weighted by Gasteiger charge is 2.28. The first-order valence-corrected chi connectivity index (χ1v) is 8.91. The second-order valence-corrected chi connectivity index (χ2v) is 6.98. The quantitative estimate of drug-likeness (QED) is 0.806. The summed E-state index contributed by atoms with van der Waals surface area (Å²) < 4.78 is 5.44. The maximum absolute atomic E-state index is 9.47. The summed E-state index contributed by atoms with van der Waals surface area (Å²) in [5.41, 5.74) is 2.78. The van der Waals surface area contributed by atoms with Crippen molar-refractivity contribution in [1.29, 1.82) is 0 Å². The van der Waals surface area contributed by atoms with Crippen LogP contribution in [0.4, 0.5) is 0 Å². The van der Waals surface area contributed by atoms with E-state index in [9.17, 15) is 5.11 Å². The lowest BCUT2D eigenvalue weighted by molar-refractivity contribution is 0.128. The van der Waals surface area contributed by atoms with Gasteiger partial charge in [-0.25, -0.2) is 0 Å². The molecule has 0 fully saturated rings. The monoisotopic (exact) mass is 329 g/mol. The highest BCUT2D eigenvalue weighted by atomic mass is 16.5. The smallest absolute Gasteiger partial charge is 0.240 e. The van der Waals surface area contributed by atoms with E-state index in [1.54, 1.807) is 0 Å². The average molecular weight is 329 g/mol. The summed E-state index contributed by atoms with van der Waals surface area (Å²) in [7, 11) is 0. The van der Waals surface area contributed by atoms with Crippen molar-refractivity contribution < 1.29 is 9.63 Å². The Morgan fingerprint density at radius 1 is 1.33 bits per heavy atom. The largest absolute Gasteiger partial charge is 0.395 e. The van der Waals surface area contributed by atoms with E-state index < -0.39 is 0 Å². The van der Waals surface area contributed by atoms with Gasteiger partial charge >= 0.3 is 0 Å². The molecular formula is C19H27N3O2. The van der Waals surface area contributed by atoms with Crippen LogP contribution < -0.4 is 0 Å². The van der Waals surface area contributed by atoms with Crippen LogP contribution in [0.25, 0.3) is 0 Å². The van der Waals surface area contributed by atoms with Gasteiger partial charge < -0.3 is 9.63 Å². The summed E-state index contributed by atoms with van der Waals surface area (Å²) in [6.07, 6.45) is 4.09. The molecule has 1 aliphatic carbocycles. The van der Waals surface area contributed by atoms with Crippen LogP contribution in [0, 0.1) is 5.92 Å². The predicted molar refractivity (Wildman–Crippen MR) is 92.5 cm³/mol. The van der Waals surface area contributed by atoms with E-state index in [0.29, 0.717) is 30.9 Å². The van der Waals surface area contributed by atoms with E-state index in [2.05, 4.69) is 53.2 Å². The molecule has 0 saturated carbocycles. The van der Waals surface area contributed by atoms with Crippen LogP contribution in [-0.4, -0.2) is 33.3 Å². The third-order valence-electron chi connectivity index (χ3n) is 4.72. The van der Waals surface area contributed by atoms with Crippen molar-refractivity contribution in [3.05, 3.63) is 47.1 Å². The molecule has 0 amide bonds. The van der Waals surface area contributed by atoms with Gasteiger partial charge in [-0.05, 0) is 36.3 Å². The van der Waals surface area contributed by atoms with Crippen LogP contribution in [0.1, 0.15) is 55.6 Å². The number of aliphatic hydroxyl groups is 1. The van der Waals surface area contributed by atoms with E-state index in [-0.39, 0.29) is 6.61 Å². The molecule has 5 nitrogen and oxygen atoms in total. The van der Waals surface area contributed by atoms with Crippen molar-refractivity contribution in [3.8, 4) is 0 Å². The molecule has 0 saturated heterocycles. The number of rotatable bonds is 8. The van der Waals surface area contributed by atoms with Gasteiger partial charge in [0.2, 0.25) is 5.89 Å². The second kappa shape index (κ2) is 7.90. The maximum Gasteiger partial charge on any atom is 0.240 e. The number of hydrogen-bond acceptors (Lipinski definition) is 5. The second-order valence-electron chi connectivity index (χ2n) is 6.98. The Morgan fingerprint density at radius 3 is 2.96 bits per heavy atom. The Morgan fingerprint density at radius 2 is 2.17 bits per heavy atom. The number of aromatic nitrogens is 2. The predicted octanol–water partition coefficient (Wildman–Crippen LogP) is 3.14. The fourth-order valence-electron chi connectivity index (χ4n) is 3.43. The van der Waals surface area contributed by atoms with E-state index >= 15 is 0 Å². The van der Waals surface area contributed by atoms with Crippen molar-refractivity contribution >= 4 is 0 Å². The third kappa shape index (κ3) is 4.02. The van der Waals surface area contributed by atoms with Gasteiger partial charge in [0.05, 0.1) is 13.2 Å². The fraction of sp³-hybridized carbons (Fsp3) is 0.579. The lowest BCUT2D eigenvalue weighted by Crippen LogP contribution is -2.30. The average Bonchev–Trinajstić information content (AvgIpc) is 3.19. The highest BCUT2D eigenvalue weighted by Crippen LogP contribution is 2.36. The van der Waals surface area contributed by atoms with E-state index in [1.165, 1.54) is 11.1 Å². The minimum Gasteiger partial charge on any atom is -0.395 e. The summed E-state index contributed by atoms with van der Waals surface area (Å²) in [6.45, 7) is 5.73. The lowest BCUT2D eigenvalue weighted by atomic mass is 10.1. The molecule has 0 radical (unpaired) electrons. The first kappa shape index (κ1) is 17.1. The Bertz CT molecular complexity index is 654. The van der Waals surface area contributed by atoms with E-state index in [4.69, 9.17) is 4.52 Å². The number of hydrogen-bond donors (Lipinski definition) is 1. The summed E-state index contributed by atoms with van der Waals surface area (Å²) in [6, 6.07) is 8.89. The highest BCUT2D eigenvalue weighted by molar-refractivity contribution is 5.34. The molecule has 5 heteroatoms. The zero-order chi connectivity index (χ0) is 16.9. The van der Waals surface area contributed by atoms with Gasteiger partial charge in [0.1, 0.15) is 0 Å². The minimum atomic E-state index is 0.132. The number of benzene rings is 1. The maximum atomic E-state index is 9.47. The van der Waals surface area contributed by atoms with Crippen molar-refractivity contribution in [2.24, 2.45) is 5.92 Å². The number of fused-ring (bicyclic) bond motifs is 1. The standard InChI is InChI=1S/C19H27N3O2/c1-14(2)7-10-18-20-19(24-21-18)13-22(11-12-23)17-9-8-15-5-3-4-6-16(15)17/h3-6,14,17,23H,7-13H2,1-2H3. The summed E-state index contributed by atoms with van der Waals surface area (Å²) in [5.74, 6) is 2.06. The zero-order valence-electron chi connectivity index (χ0n) is 14.6. The summed E-state index contributed by atoms with van der Waals surface area (Å²) >= 11 is 0. The van der Waals surface area contributed by atoms with Gasteiger partial charge in [-0.1, -0.05) is 43.3 Å². The molecule has 1 heterocycles. The van der Waals surface area contributed by atoms with Crippen LogP contribution in [0.15, 0.2) is 28.8 Å². The molecule has 1 atom stereocenters. The SMILES string of the molecule is CC(C)CCc1noc(CN(CCO)C2CCc3ccccc32)n1. The molecule has 0 spiro atoms. The summed E-state index contributed by atoms with van der Waals surface area (Å²) in [4.78, 5) is 6.79. The van der Waals surface area contributed by atoms with Gasteiger partial charge in [0, 0.05) is 19.0 Å². The topological polar surface area (TPSA) is 62.4 Å².